The fourth-order valence-electron chi connectivity index (χ4n) is 3.75. The molecule has 0 saturated carbocycles. The van der Waals surface area contributed by atoms with Crippen LogP contribution in [0.5, 0.6) is 0 Å². The van der Waals surface area contributed by atoms with Crippen LogP contribution in [0.2, 0.25) is 0 Å². The van der Waals surface area contributed by atoms with Crippen LogP contribution in [0.4, 0.5) is 0 Å². The van der Waals surface area contributed by atoms with E-state index < -0.39 is 0 Å². The maximum Gasteiger partial charge on any atom is 0.0637 e. The second kappa shape index (κ2) is 6.36. The largest absolute Gasteiger partial charge is 0.380 e. The molecule has 2 aliphatic rings. The predicted molar refractivity (Wildman–Crippen MR) is 75.8 cm³/mol. The van der Waals surface area contributed by atoms with Gasteiger partial charge in [-0.2, -0.15) is 0 Å². The highest BCUT2D eigenvalue weighted by Gasteiger charge is 2.37. The van der Waals surface area contributed by atoms with E-state index in [2.05, 4.69) is 37.9 Å². The van der Waals surface area contributed by atoms with Crippen molar-refractivity contribution in [2.24, 2.45) is 11.8 Å². The Labute approximate surface area is 112 Å². The van der Waals surface area contributed by atoms with Crippen LogP contribution >= 0.6 is 0 Å². The molecule has 5 atom stereocenters. The van der Waals surface area contributed by atoms with Crippen LogP contribution in [0.3, 0.4) is 0 Å². The normalized spacial score (nSPS) is 43.0. The lowest BCUT2D eigenvalue weighted by Crippen LogP contribution is -2.61. The number of nitrogens with zero attached hydrogens (tertiary/aromatic N) is 1. The minimum Gasteiger partial charge on any atom is -0.380 e. The van der Waals surface area contributed by atoms with Crippen molar-refractivity contribution < 1.29 is 4.74 Å². The van der Waals surface area contributed by atoms with Crippen LogP contribution in [0, 0.1) is 11.8 Å². The van der Waals surface area contributed by atoms with Crippen molar-refractivity contribution in [2.45, 2.75) is 58.7 Å². The van der Waals surface area contributed by atoms with Gasteiger partial charge in [-0.1, -0.05) is 20.8 Å². The molecule has 3 nitrogen and oxygen atoms in total. The summed E-state index contributed by atoms with van der Waals surface area (Å²) in [5.41, 5.74) is 0. The van der Waals surface area contributed by atoms with E-state index >= 15 is 0 Å². The number of nitrogens with one attached hydrogen (secondary N) is 1. The van der Waals surface area contributed by atoms with Gasteiger partial charge in [-0.25, -0.2) is 0 Å². The Bertz CT molecular complexity index is 257. The van der Waals surface area contributed by atoms with E-state index in [1.807, 2.05) is 0 Å². The maximum absolute atomic E-state index is 5.75. The van der Waals surface area contributed by atoms with Crippen LogP contribution < -0.4 is 5.32 Å². The molecule has 0 amide bonds. The van der Waals surface area contributed by atoms with Crippen LogP contribution in [0.25, 0.3) is 0 Å². The minimum atomic E-state index is 0.568. The topological polar surface area (TPSA) is 24.5 Å². The third-order valence-electron chi connectivity index (χ3n) is 4.86. The van der Waals surface area contributed by atoms with Gasteiger partial charge in [0, 0.05) is 31.3 Å². The molecule has 2 fully saturated rings. The maximum atomic E-state index is 5.75. The van der Waals surface area contributed by atoms with E-state index in [0.717, 1.165) is 38.0 Å². The van der Waals surface area contributed by atoms with E-state index in [-0.39, 0.29) is 0 Å². The zero-order valence-corrected chi connectivity index (χ0v) is 12.5. The molecule has 0 aromatic rings. The van der Waals surface area contributed by atoms with E-state index in [9.17, 15) is 0 Å². The van der Waals surface area contributed by atoms with Gasteiger partial charge in [-0.15, -0.1) is 0 Å². The molecule has 2 saturated heterocycles. The Balaban J connectivity index is 2.06. The summed E-state index contributed by atoms with van der Waals surface area (Å²) < 4.78 is 5.75. The molecule has 0 spiro atoms. The summed E-state index contributed by atoms with van der Waals surface area (Å²) in [5.74, 6) is 1.62. The second-order valence-corrected chi connectivity index (χ2v) is 6.35. The number of hydrogen-bond donors (Lipinski definition) is 1. The Morgan fingerprint density at radius 1 is 1.28 bits per heavy atom. The third kappa shape index (κ3) is 3.06. The minimum absolute atomic E-state index is 0.568. The van der Waals surface area contributed by atoms with Gasteiger partial charge < -0.3 is 10.1 Å². The van der Waals surface area contributed by atoms with Gasteiger partial charge in [0.1, 0.15) is 0 Å². The number of hydrogen-bond acceptors (Lipinski definition) is 3. The first-order valence-electron chi connectivity index (χ1n) is 7.70. The zero-order chi connectivity index (χ0) is 13.1. The van der Waals surface area contributed by atoms with Crippen LogP contribution in [-0.2, 0) is 4.74 Å². The van der Waals surface area contributed by atoms with Crippen molar-refractivity contribution in [1.82, 2.24) is 10.2 Å². The van der Waals surface area contributed by atoms with Crippen LogP contribution in [0.1, 0.15) is 40.5 Å². The van der Waals surface area contributed by atoms with E-state index in [1.54, 1.807) is 0 Å². The Morgan fingerprint density at radius 2 is 2.06 bits per heavy atom. The lowest BCUT2D eigenvalue weighted by Gasteiger charge is -2.49. The molecule has 18 heavy (non-hydrogen) atoms. The zero-order valence-electron chi connectivity index (χ0n) is 12.5. The summed E-state index contributed by atoms with van der Waals surface area (Å²) in [6.07, 6.45) is 2.53. The fraction of sp³-hybridized carbons (Fsp3) is 1.00. The molecule has 2 rings (SSSR count). The van der Waals surface area contributed by atoms with Gasteiger partial charge in [0.05, 0.1) is 6.61 Å². The highest BCUT2D eigenvalue weighted by atomic mass is 16.5. The Morgan fingerprint density at radius 3 is 2.78 bits per heavy atom. The van der Waals surface area contributed by atoms with Crippen molar-refractivity contribution in [3.63, 3.8) is 0 Å². The number of likely N-dealkylation sites (N-methyl/N-ethyl adjacent to an activating group) is 1. The molecule has 3 heteroatoms. The monoisotopic (exact) mass is 254 g/mol. The summed E-state index contributed by atoms with van der Waals surface area (Å²) in [4.78, 5) is 2.71. The molecule has 1 N–H and O–H groups in total. The highest BCUT2D eigenvalue weighted by molar-refractivity contribution is 4.93. The number of piperidine rings is 1. The predicted octanol–water partition coefficient (Wildman–Crippen LogP) is 2.12. The summed E-state index contributed by atoms with van der Waals surface area (Å²) in [7, 11) is 0. The van der Waals surface area contributed by atoms with Crippen molar-refractivity contribution in [3.8, 4) is 0 Å². The van der Waals surface area contributed by atoms with Crippen molar-refractivity contribution in [1.29, 1.82) is 0 Å². The smallest absolute Gasteiger partial charge is 0.0637 e. The average molecular weight is 254 g/mol. The van der Waals surface area contributed by atoms with Gasteiger partial charge in [-0.3, -0.25) is 4.90 Å². The van der Waals surface area contributed by atoms with Crippen LogP contribution in [-0.4, -0.2) is 49.3 Å². The Hall–Kier alpha value is -0.120. The summed E-state index contributed by atoms with van der Waals surface area (Å²) in [6, 6.07) is 1.87. The van der Waals surface area contributed by atoms with E-state index in [1.165, 1.54) is 13.0 Å². The van der Waals surface area contributed by atoms with Crippen LogP contribution in [0.15, 0.2) is 0 Å². The van der Waals surface area contributed by atoms with Gasteiger partial charge in [0.25, 0.3) is 0 Å². The molecular formula is C15H30N2O. The van der Waals surface area contributed by atoms with Gasteiger partial charge in [0.2, 0.25) is 0 Å². The first kappa shape index (κ1) is 14.3. The molecule has 0 radical (unpaired) electrons. The summed E-state index contributed by atoms with van der Waals surface area (Å²) in [6.45, 7) is 13.5. The molecule has 0 bridgehead atoms. The highest BCUT2D eigenvalue weighted by Crippen LogP contribution is 2.30. The summed E-state index contributed by atoms with van der Waals surface area (Å²) >= 11 is 0. The van der Waals surface area contributed by atoms with Crippen molar-refractivity contribution >= 4 is 0 Å². The SMILES string of the molecule is CCNC1CCOCC1N1CC(C)CC(C)C1C. The Kier molecular flexibility index (Phi) is 5.05. The lowest BCUT2D eigenvalue weighted by molar-refractivity contribution is -0.0476. The van der Waals surface area contributed by atoms with E-state index in [0.29, 0.717) is 18.1 Å². The number of likely N-dealkylation sites (tertiary alicyclic amines) is 1. The van der Waals surface area contributed by atoms with Gasteiger partial charge >= 0.3 is 0 Å². The first-order valence-corrected chi connectivity index (χ1v) is 7.70. The van der Waals surface area contributed by atoms with Crippen molar-refractivity contribution in [2.75, 3.05) is 26.3 Å². The quantitative estimate of drug-likeness (QED) is 0.835. The van der Waals surface area contributed by atoms with E-state index in [4.69, 9.17) is 4.74 Å². The van der Waals surface area contributed by atoms with Gasteiger partial charge in [-0.05, 0) is 38.1 Å². The first-order chi connectivity index (χ1) is 8.63. The molecule has 0 aromatic carbocycles. The second-order valence-electron chi connectivity index (χ2n) is 6.35. The molecule has 0 aromatic heterocycles. The summed E-state index contributed by atoms with van der Waals surface area (Å²) in [5, 5.41) is 3.66. The molecule has 5 unspecified atom stereocenters. The number of rotatable bonds is 3. The average Bonchev–Trinajstić information content (AvgIpc) is 2.35. The molecular weight excluding hydrogens is 224 g/mol. The fourth-order valence-corrected chi connectivity index (χ4v) is 3.75. The molecule has 2 heterocycles. The lowest BCUT2D eigenvalue weighted by atomic mass is 9.83. The molecule has 106 valence electrons. The van der Waals surface area contributed by atoms with Crippen molar-refractivity contribution in [3.05, 3.63) is 0 Å². The molecule has 2 aliphatic heterocycles. The standard InChI is InChI=1S/C15H30N2O/c1-5-16-14-6-7-18-10-15(14)17-9-11(2)8-12(3)13(17)4/h11-16H,5-10H2,1-4H3. The van der Waals surface area contributed by atoms with Gasteiger partial charge in [0.15, 0.2) is 0 Å². The number of ether oxygens (including phenoxy) is 1. The third-order valence-corrected chi connectivity index (χ3v) is 4.86. The molecule has 0 aliphatic carbocycles.